The Morgan fingerprint density at radius 3 is 1.26 bits per heavy atom. The van der Waals surface area contributed by atoms with Crippen LogP contribution in [0.25, 0.3) is 210 Å². The van der Waals surface area contributed by atoms with Gasteiger partial charge in [-0.15, -0.1) is 0 Å². The molecule has 4 heterocycles. The number of fused-ring (bicyclic) bond motifs is 18. The fourth-order valence-corrected chi connectivity index (χ4v) is 18.2. The lowest BCUT2D eigenvalue weighted by atomic mass is 9.80. The standard InChI is InChI=1S/C102H66N4O2/c1-101(2)85-49-41-62(52-83(85)96-68-27-12-11-22-59(68)40-51-87(96)101)66-46-48-75(72-31-16-14-29-70(66)72)91-58-92(106-100(105-91)61-25-9-6-10-26-61)81-36-21-35-80-78-43-38-64(54-95(78)108-98(80)81)82-56-88-97(79-34-18-17-32-73(79)82)84-53-63(42-50-86(84)102(88,3)4)67-45-47-74(71-30-15-13-28-69(67)71)90-57-89(103-99(104-90)60-23-7-5-8-24-60)65-39-44-77-76-33-19-20-37-93(76)107-94(77)55-65/h5-58H,1-4H3. The van der Waals surface area contributed by atoms with Crippen LogP contribution in [0.15, 0.2) is 336 Å². The summed E-state index contributed by atoms with van der Waals surface area (Å²) in [4.78, 5) is 21.4. The molecule has 22 rings (SSSR count). The van der Waals surface area contributed by atoms with Crippen LogP contribution in [-0.2, 0) is 10.8 Å². The Labute approximate surface area is 623 Å². The van der Waals surface area contributed by atoms with Crippen molar-refractivity contribution in [3.63, 3.8) is 0 Å². The number of hydrogen-bond acceptors (Lipinski definition) is 6. The van der Waals surface area contributed by atoms with Crippen LogP contribution in [0.3, 0.4) is 0 Å². The maximum atomic E-state index is 7.23. The third kappa shape index (κ3) is 9.39. The van der Waals surface area contributed by atoms with Gasteiger partial charge in [-0.2, -0.15) is 0 Å². The molecule has 0 bridgehead atoms. The third-order valence-electron chi connectivity index (χ3n) is 23.5. The van der Waals surface area contributed by atoms with Crippen molar-refractivity contribution in [1.82, 2.24) is 19.9 Å². The zero-order valence-corrected chi connectivity index (χ0v) is 59.8. The minimum atomic E-state index is -0.311. The van der Waals surface area contributed by atoms with E-state index in [0.717, 1.165) is 138 Å². The lowest BCUT2D eigenvalue weighted by Crippen LogP contribution is -2.15. The second-order valence-corrected chi connectivity index (χ2v) is 30.2. The van der Waals surface area contributed by atoms with Crippen LogP contribution >= 0.6 is 0 Å². The first-order chi connectivity index (χ1) is 53.0. The van der Waals surface area contributed by atoms with E-state index in [9.17, 15) is 0 Å². The number of aromatic nitrogens is 4. The molecule has 0 atom stereocenters. The highest BCUT2D eigenvalue weighted by Crippen LogP contribution is 2.56. The normalized spacial score (nSPS) is 13.3. The van der Waals surface area contributed by atoms with E-state index in [-0.39, 0.29) is 10.8 Å². The Morgan fingerprint density at radius 2 is 0.630 bits per heavy atom. The molecule has 6 heteroatoms. The molecule has 108 heavy (non-hydrogen) atoms. The molecule has 0 unspecified atom stereocenters. The average Bonchev–Trinajstić information content (AvgIpc) is 1.54. The van der Waals surface area contributed by atoms with Gasteiger partial charge < -0.3 is 8.83 Å². The molecular weight excluding hydrogens is 1310 g/mol. The quantitative estimate of drug-likeness (QED) is 0.143. The molecule has 0 saturated carbocycles. The molecule has 16 aromatic carbocycles. The van der Waals surface area contributed by atoms with Gasteiger partial charge in [0.25, 0.3) is 0 Å². The summed E-state index contributed by atoms with van der Waals surface area (Å²) in [7, 11) is 0. The topological polar surface area (TPSA) is 77.8 Å². The van der Waals surface area contributed by atoms with Gasteiger partial charge in [-0.1, -0.05) is 289 Å². The summed E-state index contributed by atoms with van der Waals surface area (Å²) in [5, 5.41) is 13.8. The first-order valence-electron chi connectivity index (χ1n) is 37.2. The van der Waals surface area contributed by atoms with Crippen molar-refractivity contribution in [3.05, 3.63) is 350 Å². The number of benzene rings is 16. The van der Waals surface area contributed by atoms with Crippen molar-refractivity contribution in [2.24, 2.45) is 0 Å². The summed E-state index contributed by atoms with van der Waals surface area (Å²) in [6.45, 7) is 9.49. The van der Waals surface area contributed by atoms with Gasteiger partial charge in [0.15, 0.2) is 11.6 Å². The van der Waals surface area contributed by atoms with E-state index in [4.69, 9.17) is 28.8 Å². The van der Waals surface area contributed by atoms with Crippen molar-refractivity contribution < 1.29 is 8.83 Å². The van der Waals surface area contributed by atoms with E-state index in [1.54, 1.807) is 0 Å². The largest absolute Gasteiger partial charge is 0.456 e. The van der Waals surface area contributed by atoms with Gasteiger partial charge >= 0.3 is 0 Å². The Bertz CT molecular complexity index is 7240. The second kappa shape index (κ2) is 23.4. The number of nitrogens with zero attached hydrogens (tertiary/aromatic N) is 4. The maximum Gasteiger partial charge on any atom is 0.160 e. The van der Waals surface area contributed by atoms with Crippen LogP contribution in [0.4, 0.5) is 0 Å². The lowest BCUT2D eigenvalue weighted by Gasteiger charge is -2.23. The van der Waals surface area contributed by atoms with E-state index in [0.29, 0.717) is 11.6 Å². The molecule has 0 amide bonds. The van der Waals surface area contributed by atoms with Gasteiger partial charge in [0.05, 0.1) is 22.8 Å². The number of rotatable bonds is 9. The van der Waals surface area contributed by atoms with Gasteiger partial charge in [0, 0.05) is 65.8 Å². The zero-order valence-electron chi connectivity index (χ0n) is 59.8. The molecule has 4 aromatic heterocycles. The third-order valence-corrected chi connectivity index (χ3v) is 23.5. The van der Waals surface area contributed by atoms with Crippen LogP contribution in [0.2, 0.25) is 0 Å². The van der Waals surface area contributed by atoms with Gasteiger partial charge in [0.1, 0.15) is 22.3 Å². The average molecular weight is 1380 g/mol. The van der Waals surface area contributed by atoms with E-state index in [1.165, 1.54) is 82.7 Å². The Morgan fingerprint density at radius 1 is 0.213 bits per heavy atom. The summed E-state index contributed by atoms with van der Waals surface area (Å²) in [6.07, 6.45) is 0. The minimum Gasteiger partial charge on any atom is -0.456 e. The van der Waals surface area contributed by atoms with Crippen LogP contribution in [0, 0.1) is 0 Å². The molecule has 0 spiro atoms. The Balaban J connectivity index is 0.627. The molecule has 506 valence electrons. The van der Waals surface area contributed by atoms with Gasteiger partial charge in [-0.3, -0.25) is 0 Å². The van der Waals surface area contributed by atoms with Crippen molar-refractivity contribution in [3.8, 4) is 123 Å². The van der Waals surface area contributed by atoms with Crippen molar-refractivity contribution in [2.75, 3.05) is 0 Å². The van der Waals surface area contributed by atoms with Crippen LogP contribution < -0.4 is 0 Å². The van der Waals surface area contributed by atoms with E-state index in [2.05, 4.69) is 319 Å². The highest BCUT2D eigenvalue weighted by Gasteiger charge is 2.39. The summed E-state index contributed by atoms with van der Waals surface area (Å²) in [5.41, 5.74) is 29.4. The molecule has 0 N–H and O–H groups in total. The molecule has 0 fully saturated rings. The fraction of sp³-hybridized carbons (Fsp3) is 0.0588. The second-order valence-electron chi connectivity index (χ2n) is 30.2. The van der Waals surface area contributed by atoms with Crippen molar-refractivity contribution >= 4 is 87.0 Å². The molecule has 0 saturated heterocycles. The van der Waals surface area contributed by atoms with Crippen LogP contribution in [-0.4, -0.2) is 19.9 Å². The molecule has 6 nitrogen and oxygen atoms in total. The van der Waals surface area contributed by atoms with Gasteiger partial charge in [-0.05, 0) is 188 Å². The van der Waals surface area contributed by atoms with Gasteiger partial charge in [0.2, 0.25) is 0 Å². The van der Waals surface area contributed by atoms with E-state index in [1.807, 2.05) is 36.4 Å². The smallest absolute Gasteiger partial charge is 0.160 e. The maximum absolute atomic E-state index is 7.23. The summed E-state index contributed by atoms with van der Waals surface area (Å²) >= 11 is 0. The highest BCUT2D eigenvalue weighted by molar-refractivity contribution is 6.15. The van der Waals surface area contributed by atoms with Crippen molar-refractivity contribution in [2.45, 2.75) is 38.5 Å². The predicted octanol–water partition coefficient (Wildman–Crippen LogP) is 27.3. The number of furan rings is 2. The predicted molar refractivity (Wildman–Crippen MR) is 446 cm³/mol. The van der Waals surface area contributed by atoms with E-state index < -0.39 is 0 Å². The molecule has 0 aliphatic heterocycles. The summed E-state index contributed by atoms with van der Waals surface area (Å²) < 4.78 is 13.6. The zero-order chi connectivity index (χ0) is 71.7. The lowest BCUT2D eigenvalue weighted by molar-refractivity contribution is 0.661. The number of hydrogen-bond donors (Lipinski definition) is 0. The molecule has 2 aliphatic rings. The van der Waals surface area contributed by atoms with Gasteiger partial charge in [-0.25, -0.2) is 19.9 Å². The molecular formula is C102H66N4O2. The van der Waals surface area contributed by atoms with Crippen LogP contribution in [0.5, 0.6) is 0 Å². The monoisotopic (exact) mass is 1380 g/mol. The SMILES string of the molecule is CC1(C)c2ccc(-c3ccc(-c4cc(-c5cccc6c5oc5cc(-c7cc8c(c9ccccc79)-c7cc(-c9ccc(-c%10cc(-c%11ccc%12c(c%11)oc%11ccccc%11%12)nc(-c%11ccccc%11)n%10)c%10ccccc9%10)ccc7C8(C)C)ccc56)nc(-c5ccccc5)n4)c4ccccc34)cc2-c2c1ccc1ccccc21. The number of para-hydroxylation sites is 2. The molecule has 2 aliphatic carbocycles. The van der Waals surface area contributed by atoms with Crippen LogP contribution in [0.1, 0.15) is 49.9 Å². The highest BCUT2D eigenvalue weighted by atomic mass is 16.3. The first kappa shape index (κ1) is 61.8. The summed E-state index contributed by atoms with van der Waals surface area (Å²) in [6, 6.07) is 118. The molecule has 20 aromatic rings. The minimum absolute atomic E-state index is 0.121. The Hall–Kier alpha value is -13.7. The van der Waals surface area contributed by atoms with Crippen molar-refractivity contribution in [1.29, 1.82) is 0 Å². The fourth-order valence-electron chi connectivity index (χ4n) is 18.2. The summed E-state index contributed by atoms with van der Waals surface area (Å²) in [5.74, 6) is 1.31. The van der Waals surface area contributed by atoms with E-state index >= 15 is 0 Å². The molecule has 0 radical (unpaired) electrons. The first-order valence-corrected chi connectivity index (χ1v) is 37.2. The Kier molecular flexibility index (Phi) is 13.4.